The monoisotopic (exact) mass is 565 g/mol. The second-order valence-electron chi connectivity index (χ2n) is 6.51. The zero-order valence-corrected chi connectivity index (χ0v) is 19.2. The number of nitrogens with zero attached hydrogens (tertiary/aromatic N) is 1. The summed E-state index contributed by atoms with van der Waals surface area (Å²) in [5.74, 6) is 0. The van der Waals surface area contributed by atoms with Gasteiger partial charge in [0.1, 0.15) is 11.3 Å². The quantitative estimate of drug-likeness (QED) is 0.448. The summed E-state index contributed by atoms with van der Waals surface area (Å²) in [5.41, 5.74) is -0.0236. The fourth-order valence-corrected chi connectivity index (χ4v) is 2.05. The van der Waals surface area contributed by atoms with Crippen molar-refractivity contribution < 1.29 is 35.3 Å². The van der Waals surface area contributed by atoms with Crippen LogP contribution in [0.25, 0.3) is 6.08 Å². The second kappa shape index (κ2) is 9.74. The molecule has 0 radical (unpaired) electrons. The molecule has 1 saturated heterocycles. The van der Waals surface area contributed by atoms with E-state index in [4.69, 9.17) is 16.1 Å². The maximum absolute atomic E-state index is 11.7. The average molecular weight is 566 g/mol. The summed E-state index contributed by atoms with van der Waals surface area (Å²) in [6.45, 7) is 16.6. The Balaban J connectivity index is 0.000000460. The molecule has 1 aliphatic rings. The van der Waals surface area contributed by atoms with E-state index in [1.165, 1.54) is 4.90 Å². The Labute approximate surface area is 168 Å². The Morgan fingerprint density at radius 2 is 1.92 bits per heavy atom. The van der Waals surface area contributed by atoms with Gasteiger partial charge in [0.05, 0.1) is 0 Å². The van der Waals surface area contributed by atoms with Crippen molar-refractivity contribution in [3.63, 3.8) is 0 Å². The van der Waals surface area contributed by atoms with E-state index in [1.807, 2.05) is 58.9 Å². The van der Waals surface area contributed by atoms with Crippen LogP contribution >= 0.6 is 15.9 Å². The fraction of sp³-hybridized carbons (Fsp3) is 0.444. The fourth-order valence-electron chi connectivity index (χ4n) is 1.78. The Hall–Kier alpha value is -0.642. The largest absolute Gasteiger partial charge is 2.00 e. The van der Waals surface area contributed by atoms with E-state index in [0.29, 0.717) is 6.61 Å². The molecule has 1 amide bonds. The van der Waals surface area contributed by atoms with E-state index < -0.39 is 11.3 Å². The molecule has 0 aromatic heterocycles. The number of amides is 1. The predicted octanol–water partition coefficient (Wildman–Crippen LogP) is 5.04. The molecule has 0 unspecified atom stereocenters. The maximum atomic E-state index is 11.7. The van der Waals surface area contributed by atoms with Crippen LogP contribution in [-0.2, 0) is 30.5 Å². The predicted molar refractivity (Wildman–Crippen MR) is 95.3 cm³/mol. The van der Waals surface area contributed by atoms with Gasteiger partial charge >= 0.3 is 27.2 Å². The minimum Gasteiger partial charge on any atom is -0.445 e. The first-order valence-corrected chi connectivity index (χ1v) is 8.14. The van der Waals surface area contributed by atoms with Gasteiger partial charge in [0.25, 0.3) is 0 Å². The molecule has 1 aliphatic heterocycles. The Bertz CT molecular complexity index is 538. The number of carbonyl (C=O) groups excluding carboxylic acids is 1. The van der Waals surface area contributed by atoms with Crippen molar-refractivity contribution in [2.24, 2.45) is 0 Å². The van der Waals surface area contributed by atoms with Crippen LogP contribution in [0.3, 0.4) is 0 Å². The van der Waals surface area contributed by atoms with Crippen LogP contribution in [0.5, 0.6) is 0 Å². The molecule has 6 heteroatoms. The molecule has 0 bridgehead atoms. The summed E-state index contributed by atoms with van der Waals surface area (Å²) in [6.07, 6.45) is 1.21. The molecule has 24 heavy (non-hydrogen) atoms. The number of ether oxygens (including phenoxy) is 2. The van der Waals surface area contributed by atoms with E-state index in [0.717, 1.165) is 10.0 Å². The summed E-state index contributed by atoms with van der Waals surface area (Å²) in [4.78, 5) is 13.2. The number of carbonyl (C=O) groups is 1. The van der Waals surface area contributed by atoms with Gasteiger partial charge in [0, 0.05) is 4.47 Å². The molecule has 0 aliphatic carbocycles. The van der Waals surface area contributed by atoms with Crippen molar-refractivity contribution in [2.45, 2.75) is 45.9 Å². The number of halogens is 1. The van der Waals surface area contributed by atoms with Crippen LogP contribution in [0.2, 0.25) is 0 Å². The maximum Gasteiger partial charge on any atom is 2.00 e. The number of hydrogen-bond acceptors (Lipinski definition) is 3. The molecule has 1 fully saturated rings. The van der Waals surface area contributed by atoms with E-state index >= 15 is 0 Å². The van der Waals surface area contributed by atoms with Crippen molar-refractivity contribution >= 4 is 28.1 Å². The summed E-state index contributed by atoms with van der Waals surface area (Å²) in [7, 11) is 0. The standard InChI is InChI=1S/C10H18NO3.C8H6Br.W/c1-9(2,3)14-8(12)11-6-7-13-10(11,4)5;1-2-7-3-5-8(9)6-4-7;/h6H,7H2,1-5H3;1-6H;/q2*-1;+2. The van der Waals surface area contributed by atoms with Gasteiger partial charge < -0.3 is 14.4 Å². The molecular formula is C18H24BrNO3W. The van der Waals surface area contributed by atoms with Gasteiger partial charge in [-0.1, -0.05) is 34.7 Å². The third-order valence-electron chi connectivity index (χ3n) is 2.93. The molecule has 0 spiro atoms. The number of rotatable bonds is 1. The van der Waals surface area contributed by atoms with Gasteiger partial charge in [-0.3, -0.25) is 6.58 Å². The van der Waals surface area contributed by atoms with Gasteiger partial charge in [-0.25, -0.2) is 17.4 Å². The van der Waals surface area contributed by atoms with E-state index in [1.54, 1.807) is 12.6 Å². The molecule has 132 valence electrons. The van der Waals surface area contributed by atoms with E-state index in [2.05, 4.69) is 15.9 Å². The van der Waals surface area contributed by atoms with Crippen molar-refractivity contribution in [3.8, 4) is 0 Å². The first kappa shape index (κ1) is 23.4. The van der Waals surface area contributed by atoms with E-state index in [9.17, 15) is 4.79 Å². The zero-order valence-electron chi connectivity index (χ0n) is 14.7. The third-order valence-corrected chi connectivity index (χ3v) is 3.46. The minimum absolute atomic E-state index is 0. The molecule has 4 nitrogen and oxygen atoms in total. The van der Waals surface area contributed by atoms with Crippen LogP contribution in [-0.4, -0.2) is 28.9 Å². The summed E-state index contributed by atoms with van der Waals surface area (Å²) in [5, 5.41) is 0. The normalized spacial score (nSPS) is 15.7. The molecule has 1 aromatic carbocycles. The van der Waals surface area contributed by atoms with Gasteiger partial charge in [-0.15, -0.1) is 12.1 Å². The van der Waals surface area contributed by atoms with Crippen LogP contribution in [0.1, 0.15) is 40.2 Å². The third kappa shape index (κ3) is 7.96. The molecular weight excluding hydrogens is 542 g/mol. The Morgan fingerprint density at radius 1 is 1.38 bits per heavy atom. The van der Waals surface area contributed by atoms with Crippen molar-refractivity contribution in [2.75, 3.05) is 6.61 Å². The summed E-state index contributed by atoms with van der Waals surface area (Å²) < 4.78 is 11.7. The van der Waals surface area contributed by atoms with Gasteiger partial charge in [-0.05, 0) is 34.6 Å². The first-order chi connectivity index (χ1) is 10.5. The SMILES string of the molecule is CC(C)(C)OC(=O)N1[CH-]COC1(C)C.[CH-]=Cc1ccc(Br)cc1.[W+2]. The number of benzene rings is 1. The van der Waals surface area contributed by atoms with Gasteiger partial charge in [0.15, 0.2) is 0 Å². The smallest absolute Gasteiger partial charge is 0.445 e. The van der Waals surface area contributed by atoms with Crippen LogP contribution in [0, 0.1) is 13.1 Å². The first-order valence-electron chi connectivity index (χ1n) is 7.35. The number of hydrogen-bond donors (Lipinski definition) is 0. The molecule has 0 saturated carbocycles. The molecule has 0 atom stereocenters. The van der Waals surface area contributed by atoms with Gasteiger partial charge in [0.2, 0.25) is 0 Å². The Morgan fingerprint density at radius 3 is 2.29 bits per heavy atom. The van der Waals surface area contributed by atoms with Crippen LogP contribution in [0.4, 0.5) is 4.79 Å². The van der Waals surface area contributed by atoms with Crippen LogP contribution in [0.15, 0.2) is 28.7 Å². The molecule has 1 aromatic rings. The van der Waals surface area contributed by atoms with Crippen molar-refractivity contribution in [3.05, 3.63) is 47.4 Å². The van der Waals surface area contributed by atoms with Gasteiger partial charge in [-0.2, -0.15) is 5.56 Å². The van der Waals surface area contributed by atoms with Crippen molar-refractivity contribution in [1.29, 1.82) is 0 Å². The zero-order chi connectivity index (χ0) is 17.7. The average Bonchev–Trinajstić information content (AvgIpc) is 2.78. The van der Waals surface area contributed by atoms with E-state index in [-0.39, 0.29) is 27.2 Å². The summed E-state index contributed by atoms with van der Waals surface area (Å²) >= 11 is 3.32. The minimum atomic E-state index is -0.595. The molecule has 0 N–H and O–H groups in total. The van der Waals surface area contributed by atoms with Crippen LogP contribution < -0.4 is 0 Å². The molecule has 1 heterocycles. The Kier molecular flexibility index (Phi) is 9.48. The summed E-state index contributed by atoms with van der Waals surface area (Å²) in [6, 6.07) is 7.81. The molecule has 2 rings (SSSR count). The van der Waals surface area contributed by atoms with Crippen molar-refractivity contribution in [1.82, 2.24) is 4.90 Å². The second-order valence-corrected chi connectivity index (χ2v) is 7.42. The topological polar surface area (TPSA) is 38.8 Å².